The fraction of sp³-hybridized carbons (Fsp3) is 0.460. The van der Waals surface area contributed by atoms with E-state index < -0.39 is 5.97 Å². The van der Waals surface area contributed by atoms with Crippen LogP contribution in [0.2, 0.25) is 15.1 Å². The number of carbonyl (C=O) groups excluding carboxylic acids is 3. The lowest BCUT2D eigenvalue weighted by Crippen LogP contribution is -3.00. The Balaban J connectivity index is -0.000000143. The van der Waals surface area contributed by atoms with Crippen molar-refractivity contribution in [2.75, 3.05) is 65.2 Å². The molecular weight excluding hydrogens is 1020 g/mol. The molecule has 3 radical (unpaired) electrons. The van der Waals surface area contributed by atoms with Crippen LogP contribution in [-0.2, 0) is 42.8 Å². The van der Waals surface area contributed by atoms with Crippen LogP contribution >= 0.6 is 34.8 Å². The van der Waals surface area contributed by atoms with Crippen molar-refractivity contribution in [1.29, 1.82) is 5.26 Å². The molecule has 0 amide bonds. The molecule has 0 fully saturated rings. The van der Waals surface area contributed by atoms with Crippen LogP contribution in [0.15, 0.2) is 82.6 Å². The minimum Gasteiger partial charge on any atom is -1.00 e. The molecule has 17 nitrogen and oxygen atoms in total. The monoisotopic (exact) mass is 1090 g/mol. The number of rotatable bonds is 15. The number of carbonyl (C=O) groups is 3. The zero-order valence-corrected chi connectivity index (χ0v) is 44.5. The van der Waals surface area contributed by atoms with Crippen LogP contribution < -0.4 is 33.7 Å². The maximum atomic E-state index is 11.7. The van der Waals surface area contributed by atoms with Crippen molar-refractivity contribution in [2.45, 2.75) is 96.4 Å². The lowest BCUT2D eigenvalue weighted by molar-refractivity contribution is -0.154. The van der Waals surface area contributed by atoms with Gasteiger partial charge in [0.05, 0.1) is 77.7 Å². The molecule has 0 spiro atoms. The van der Waals surface area contributed by atoms with E-state index in [2.05, 4.69) is 19.5 Å². The molecule has 4 aromatic rings. The highest BCUT2D eigenvalue weighted by atomic mass is 35.5. The number of nitrogens with zero attached hydrogens (tertiary/aromatic N) is 2. The van der Waals surface area contributed by atoms with Crippen molar-refractivity contribution in [1.82, 2.24) is 4.98 Å². The van der Waals surface area contributed by atoms with E-state index in [-0.39, 0.29) is 84.8 Å². The highest BCUT2D eigenvalue weighted by molar-refractivity contribution is 6.35. The molecule has 0 saturated heterocycles. The van der Waals surface area contributed by atoms with E-state index in [1.165, 1.54) is 6.07 Å². The minimum absolute atomic E-state index is 0. The van der Waals surface area contributed by atoms with E-state index in [1.807, 2.05) is 52.0 Å². The van der Waals surface area contributed by atoms with Gasteiger partial charge in [-0.05, 0) is 98.7 Å². The third-order valence-electron chi connectivity index (χ3n) is 6.89. The van der Waals surface area contributed by atoms with E-state index in [0.29, 0.717) is 88.8 Å². The SMILES string of the molecule is C.C.CCO.CCOC(=O)CC#N.CCOC(=O)CC(=Nc1ccccc1Cl)OCC.CCOC(=[NH2+])CC(=O)OCC.CCOCC.CCOc1cc(=O)c2cccc(Cl)c2[nH]1.Nc1ccccc1Cl.[B].[Cl-]. The number of aliphatic hydroxyl groups excluding tert-OH is 1. The number of anilines is 1. The van der Waals surface area contributed by atoms with Crippen LogP contribution in [0.4, 0.5) is 11.4 Å². The van der Waals surface area contributed by atoms with Crippen molar-refractivity contribution in [3.63, 3.8) is 0 Å². The van der Waals surface area contributed by atoms with Gasteiger partial charge in [-0.3, -0.25) is 19.2 Å². The molecule has 4 rings (SSSR count). The highest BCUT2D eigenvalue weighted by Crippen LogP contribution is 2.24. The first-order valence-corrected chi connectivity index (χ1v) is 22.8. The number of pyridine rings is 1. The number of aliphatic imine (C=N–C) groups is 1. The average molecular weight is 1090 g/mol. The predicted octanol–water partition coefficient (Wildman–Crippen LogP) is 6.40. The predicted molar refractivity (Wildman–Crippen MR) is 289 cm³/mol. The number of halogens is 4. The molecular formula is C50H77BCl4N5O12. The van der Waals surface area contributed by atoms with Gasteiger partial charge >= 0.3 is 23.8 Å². The zero-order chi connectivity index (χ0) is 52.1. The summed E-state index contributed by atoms with van der Waals surface area (Å²) in [5.41, 5.74) is 7.13. The molecule has 3 aromatic carbocycles. The van der Waals surface area contributed by atoms with Gasteiger partial charge in [0.15, 0.2) is 23.6 Å². The molecule has 1 aromatic heterocycles. The van der Waals surface area contributed by atoms with Crippen molar-refractivity contribution in [3.05, 3.63) is 98.1 Å². The first-order valence-electron chi connectivity index (χ1n) is 21.7. The van der Waals surface area contributed by atoms with Crippen molar-refractivity contribution < 1.29 is 70.5 Å². The van der Waals surface area contributed by atoms with Gasteiger partial charge in [0.25, 0.3) is 0 Å². The summed E-state index contributed by atoms with van der Waals surface area (Å²) in [6.45, 7) is 20.8. The zero-order valence-electron chi connectivity index (χ0n) is 41.5. The normalized spacial score (nSPS) is 9.03. The average Bonchev–Trinajstić information content (AvgIpc) is 3.28. The van der Waals surface area contributed by atoms with Crippen LogP contribution in [0.5, 0.6) is 5.88 Å². The number of benzene rings is 3. The summed E-state index contributed by atoms with van der Waals surface area (Å²) in [6, 6.07) is 22.7. The molecule has 6 N–H and O–H groups in total. The number of aromatic amines is 1. The number of nitriles is 1. The Labute approximate surface area is 450 Å². The molecule has 1 heterocycles. The van der Waals surface area contributed by atoms with Crippen molar-refractivity contribution >= 4 is 95.2 Å². The number of nitrogens with one attached hydrogen (secondary N) is 1. The molecule has 22 heteroatoms. The number of aromatic nitrogens is 1. The van der Waals surface area contributed by atoms with Gasteiger partial charge in [-0.25, -0.2) is 10.4 Å². The second-order valence-corrected chi connectivity index (χ2v) is 13.3. The Morgan fingerprint density at radius 2 is 1.15 bits per heavy atom. The maximum Gasteiger partial charge on any atom is 0.344 e. The lowest BCUT2D eigenvalue weighted by Gasteiger charge is -2.07. The molecule has 0 aliphatic rings. The second-order valence-electron chi connectivity index (χ2n) is 12.1. The van der Waals surface area contributed by atoms with E-state index in [0.717, 1.165) is 13.2 Å². The van der Waals surface area contributed by atoms with Crippen molar-refractivity contribution in [2.24, 2.45) is 4.99 Å². The number of aliphatic hydroxyl groups is 1. The van der Waals surface area contributed by atoms with Gasteiger partial charge in [-0.1, -0.05) is 80.0 Å². The van der Waals surface area contributed by atoms with Gasteiger partial charge in [-0.2, -0.15) is 5.26 Å². The van der Waals surface area contributed by atoms with E-state index in [4.69, 9.17) is 80.0 Å². The van der Waals surface area contributed by atoms with Crippen LogP contribution in [0, 0.1) is 11.3 Å². The first kappa shape index (κ1) is 80.5. The smallest absolute Gasteiger partial charge is 0.344 e. The third kappa shape index (κ3) is 43.3. The van der Waals surface area contributed by atoms with Crippen molar-refractivity contribution in [3.8, 4) is 11.9 Å². The topological polar surface area (TPSA) is 257 Å². The third-order valence-corrected chi connectivity index (χ3v) is 7.87. The maximum absolute atomic E-state index is 11.7. The lowest BCUT2D eigenvalue weighted by atomic mass is 10.2. The molecule has 0 aliphatic carbocycles. The summed E-state index contributed by atoms with van der Waals surface area (Å²) in [6.07, 6.45) is -0.0948. The Hall–Kier alpha value is -5.55. The number of hydrogen-bond donors (Lipinski definition) is 4. The Bertz CT molecular complexity index is 2110. The first-order chi connectivity index (χ1) is 32.5. The molecule has 405 valence electrons. The van der Waals surface area contributed by atoms with Gasteiger partial charge in [0.2, 0.25) is 0 Å². The summed E-state index contributed by atoms with van der Waals surface area (Å²) < 4.78 is 34.1. The number of fused-ring (bicyclic) bond motifs is 1. The van der Waals surface area contributed by atoms with E-state index in [9.17, 15) is 19.2 Å². The summed E-state index contributed by atoms with van der Waals surface area (Å²) in [5.74, 6) is -0.191. The summed E-state index contributed by atoms with van der Waals surface area (Å²) >= 11 is 17.5. The van der Waals surface area contributed by atoms with Crippen LogP contribution in [0.3, 0.4) is 0 Å². The Kier molecular flexibility index (Phi) is 61.3. The Morgan fingerprint density at radius 1 is 0.681 bits per heavy atom. The minimum atomic E-state index is -0.449. The molecule has 0 unspecified atom stereocenters. The number of ether oxygens (including phenoxy) is 7. The summed E-state index contributed by atoms with van der Waals surface area (Å²) in [4.78, 5) is 51.2. The van der Waals surface area contributed by atoms with E-state index >= 15 is 0 Å². The van der Waals surface area contributed by atoms with E-state index in [1.54, 1.807) is 83.2 Å². The number of hydrogen-bond acceptors (Lipinski definition) is 15. The summed E-state index contributed by atoms with van der Waals surface area (Å²) in [7, 11) is 0. The number of esters is 3. The number of nitrogens with two attached hydrogens (primary N) is 2. The fourth-order valence-corrected chi connectivity index (χ4v) is 4.83. The number of para-hydroxylation sites is 3. The van der Waals surface area contributed by atoms with Gasteiger partial charge in [-0.15, -0.1) is 0 Å². The second kappa shape index (κ2) is 54.8. The molecule has 72 heavy (non-hydrogen) atoms. The molecule has 0 saturated carbocycles. The van der Waals surface area contributed by atoms with Crippen LogP contribution in [0.25, 0.3) is 10.9 Å². The summed E-state index contributed by atoms with van der Waals surface area (Å²) in [5, 5.41) is 23.0. The van der Waals surface area contributed by atoms with Gasteiger partial charge in [0, 0.05) is 39.7 Å². The molecule has 0 atom stereocenters. The largest absolute Gasteiger partial charge is 1.00 e. The highest BCUT2D eigenvalue weighted by Gasteiger charge is 2.12. The van der Waals surface area contributed by atoms with Gasteiger partial charge in [0.1, 0.15) is 12.8 Å². The standard InChI is InChI=1S/C13H16ClNO3.C11H10ClNO2.C7H13NO3.C6H6ClN.C5H7NO2.C4H10O.C2H6O.2CH4.B.ClH/c1-3-17-12(9-13(16)18-4-2)15-11-8-6-5-7-10(11)14;1-2-15-10-6-9(14)7-4-3-5-8(12)11(7)13-10;1-3-10-6(8)5-7(9)11-4-2;7-5-3-1-2-4-6(5)8;1-2-8-5(7)3-4-6;1-3-5-4-2;1-2-3;;;;/h5-8H,3-4,9H2,1-2H3;3-6H,2H2,1H3,(H,13,14);8H,3-5H2,1-2H3;1-4H,8H2;2-3H2,1H3;3-4H2,1-2H3;3H,2H2,1H3;2*1H4;;1H. The number of H-pyrrole nitrogens is 1. The number of nitrogen functional groups attached to an aromatic ring is 1. The van der Waals surface area contributed by atoms with Gasteiger partial charge < -0.3 is 61.4 Å². The van der Waals surface area contributed by atoms with Crippen LogP contribution in [0.1, 0.15) is 96.4 Å². The fourth-order valence-electron chi connectivity index (χ4n) is 4.29. The quantitative estimate of drug-likeness (QED) is 0.0251. The Morgan fingerprint density at radius 3 is 1.58 bits per heavy atom. The molecule has 0 bridgehead atoms. The molecule has 0 aliphatic heterocycles. The van der Waals surface area contributed by atoms with Crippen LogP contribution in [-0.4, -0.2) is 108 Å².